The van der Waals surface area contributed by atoms with Gasteiger partial charge in [0.15, 0.2) is 0 Å². The molecule has 0 unspecified atom stereocenters. The summed E-state index contributed by atoms with van der Waals surface area (Å²) in [6.07, 6.45) is -3.74. The number of fused-ring (bicyclic) bond motifs is 1. The van der Waals surface area contributed by atoms with E-state index in [1.165, 1.54) is 29.3 Å². The second-order valence-corrected chi connectivity index (χ2v) is 5.73. The second-order valence-electron chi connectivity index (χ2n) is 5.73. The molecule has 0 bridgehead atoms. The third kappa shape index (κ3) is 3.08. The number of aromatic nitrogens is 1. The highest BCUT2D eigenvalue weighted by molar-refractivity contribution is 5.94. The summed E-state index contributed by atoms with van der Waals surface area (Å²) in [5.74, 6) is -2.98. The summed E-state index contributed by atoms with van der Waals surface area (Å²) in [6, 6.07) is 4.27. The first-order chi connectivity index (χ1) is 10.7. The molecular weight excluding hydrogens is 317 g/mol. The lowest BCUT2D eigenvalue weighted by Crippen LogP contribution is -2.52. The number of anilines is 1. The average molecular weight is 331 g/mol. The number of hydrogen-bond acceptors (Lipinski definition) is 3. The molecule has 1 aliphatic heterocycles. The molecule has 0 amide bonds. The fraction of sp³-hybridized carbons (Fsp3) is 0.400. The smallest absolute Gasteiger partial charge is 0.363 e. The van der Waals surface area contributed by atoms with Crippen LogP contribution < -0.4 is 10.6 Å². The Morgan fingerprint density at radius 2 is 1.96 bits per heavy atom. The van der Waals surface area contributed by atoms with Crippen LogP contribution in [-0.4, -0.2) is 30.0 Å². The Hall–Kier alpha value is -1.96. The maximum Gasteiger partial charge on any atom is 0.418 e. The van der Waals surface area contributed by atoms with E-state index in [2.05, 4.69) is 4.98 Å². The van der Waals surface area contributed by atoms with Gasteiger partial charge in [-0.3, -0.25) is 4.98 Å². The van der Waals surface area contributed by atoms with E-state index in [0.717, 1.165) is 6.07 Å². The van der Waals surface area contributed by atoms with Crippen LogP contribution in [0.1, 0.15) is 12.0 Å². The Kier molecular flexibility index (Phi) is 3.66. The minimum Gasteiger partial charge on any atom is -0.363 e. The van der Waals surface area contributed by atoms with E-state index >= 15 is 0 Å². The third-order valence-electron chi connectivity index (χ3n) is 3.83. The zero-order chi connectivity index (χ0) is 16.8. The van der Waals surface area contributed by atoms with Crippen LogP contribution >= 0.6 is 0 Å². The normalized spacial score (nSPS) is 21.7. The third-order valence-corrected chi connectivity index (χ3v) is 3.83. The predicted molar refractivity (Wildman–Crippen MR) is 76.5 cm³/mol. The minimum atomic E-state index is -4.56. The van der Waals surface area contributed by atoms with Gasteiger partial charge in [-0.15, -0.1) is 0 Å². The van der Waals surface area contributed by atoms with Crippen molar-refractivity contribution in [2.75, 3.05) is 18.0 Å². The van der Waals surface area contributed by atoms with E-state index in [-0.39, 0.29) is 23.1 Å². The van der Waals surface area contributed by atoms with Gasteiger partial charge in [-0.05, 0) is 24.3 Å². The quantitative estimate of drug-likeness (QED) is 0.814. The van der Waals surface area contributed by atoms with Crippen molar-refractivity contribution in [3.8, 4) is 0 Å². The van der Waals surface area contributed by atoms with Gasteiger partial charge in [-0.25, -0.2) is 8.78 Å². The van der Waals surface area contributed by atoms with Crippen molar-refractivity contribution in [1.82, 2.24) is 4.98 Å². The average Bonchev–Trinajstić information content (AvgIpc) is 2.42. The van der Waals surface area contributed by atoms with E-state index < -0.39 is 36.7 Å². The Morgan fingerprint density at radius 3 is 2.61 bits per heavy atom. The molecule has 3 nitrogen and oxygen atoms in total. The first-order valence-electron chi connectivity index (χ1n) is 7.01. The largest absolute Gasteiger partial charge is 0.418 e. The van der Waals surface area contributed by atoms with E-state index in [9.17, 15) is 22.0 Å². The van der Waals surface area contributed by atoms with Gasteiger partial charge in [0, 0.05) is 36.3 Å². The molecule has 0 saturated carbocycles. The molecule has 1 aromatic heterocycles. The SMILES string of the molecule is N[C@@H]1CN(c2ccc(C(F)(F)F)c3ncccc23)CC(F)(F)C1. The summed E-state index contributed by atoms with van der Waals surface area (Å²) in [7, 11) is 0. The van der Waals surface area contributed by atoms with Gasteiger partial charge in [0.05, 0.1) is 17.6 Å². The Morgan fingerprint density at radius 1 is 1.22 bits per heavy atom. The minimum absolute atomic E-state index is 0.158. The lowest BCUT2D eigenvalue weighted by Gasteiger charge is -2.38. The number of nitrogens with zero attached hydrogens (tertiary/aromatic N) is 2. The van der Waals surface area contributed by atoms with Gasteiger partial charge >= 0.3 is 6.18 Å². The van der Waals surface area contributed by atoms with Crippen molar-refractivity contribution in [2.24, 2.45) is 5.73 Å². The van der Waals surface area contributed by atoms with Crippen LogP contribution in [0.3, 0.4) is 0 Å². The lowest BCUT2D eigenvalue weighted by molar-refractivity contribution is -0.136. The number of rotatable bonds is 1. The molecule has 1 saturated heterocycles. The standard InChI is InChI=1S/C15H14F5N3/c16-14(17)6-9(21)7-23(8-14)12-4-3-11(15(18,19)20)13-10(12)2-1-5-22-13/h1-5,9H,6-8,21H2/t9-/m0/s1. The molecular formula is C15H14F5N3. The zero-order valence-corrected chi connectivity index (χ0v) is 11.9. The molecule has 1 aromatic carbocycles. The first-order valence-corrected chi connectivity index (χ1v) is 7.01. The number of piperidine rings is 1. The number of nitrogens with two attached hydrogens (primary N) is 1. The number of hydrogen-bond donors (Lipinski definition) is 1. The molecule has 124 valence electrons. The molecule has 8 heteroatoms. The van der Waals surface area contributed by atoms with E-state index in [4.69, 9.17) is 5.73 Å². The molecule has 2 aromatic rings. The number of pyridine rings is 1. The first kappa shape index (κ1) is 15.9. The van der Waals surface area contributed by atoms with Gasteiger partial charge in [0.1, 0.15) is 0 Å². The highest BCUT2D eigenvalue weighted by Crippen LogP contribution is 2.39. The van der Waals surface area contributed by atoms with Gasteiger partial charge < -0.3 is 10.6 Å². The summed E-state index contributed by atoms with van der Waals surface area (Å²) in [5, 5.41) is 0.187. The molecule has 2 N–H and O–H groups in total. The van der Waals surface area contributed by atoms with Crippen molar-refractivity contribution < 1.29 is 22.0 Å². The molecule has 23 heavy (non-hydrogen) atoms. The lowest BCUT2D eigenvalue weighted by atomic mass is 10.00. The van der Waals surface area contributed by atoms with Crippen LogP contribution in [0.2, 0.25) is 0 Å². The van der Waals surface area contributed by atoms with Crippen LogP contribution in [0.4, 0.5) is 27.6 Å². The topological polar surface area (TPSA) is 42.1 Å². The zero-order valence-electron chi connectivity index (χ0n) is 11.9. The highest BCUT2D eigenvalue weighted by Gasteiger charge is 2.40. The Balaban J connectivity index is 2.13. The van der Waals surface area contributed by atoms with Crippen LogP contribution in [-0.2, 0) is 6.18 Å². The van der Waals surface area contributed by atoms with Crippen LogP contribution in [0.25, 0.3) is 10.9 Å². The molecule has 1 atom stereocenters. The van der Waals surface area contributed by atoms with Gasteiger partial charge in [-0.2, -0.15) is 13.2 Å². The molecule has 1 fully saturated rings. The van der Waals surface area contributed by atoms with Crippen molar-refractivity contribution in [1.29, 1.82) is 0 Å². The summed E-state index contributed by atoms with van der Waals surface area (Å²) in [6.45, 7) is -0.416. The second kappa shape index (κ2) is 5.30. The van der Waals surface area contributed by atoms with Crippen molar-refractivity contribution >= 4 is 16.6 Å². The fourth-order valence-electron chi connectivity index (χ4n) is 2.99. The molecule has 3 rings (SSSR count). The fourth-order valence-corrected chi connectivity index (χ4v) is 2.99. The predicted octanol–water partition coefficient (Wildman–Crippen LogP) is 3.43. The highest BCUT2D eigenvalue weighted by atomic mass is 19.4. The number of alkyl halides is 5. The Labute approximate surface area is 128 Å². The monoisotopic (exact) mass is 331 g/mol. The maximum absolute atomic E-state index is 13.7. The van der Waals surface area contributed by atoms with Gasteiger partial charge in [0.25, 0.3) is 5.92 Å². The summed E-state index contributed by atoms with van der Waals surface area (Å²) >= 11 is 0. The van der Waals surface area contributed by atoms with Gasteiger partial charge in [-0.1, -0.05) is 0 Å². The van der Waals surface area contributed by atoms with E-state index in [1.807, 2.05) is 0 Å². The van der Waals surface area contributed by atoms with Crippen molar-refractivity contribution in [3.63, 3.8) is 0 Å². The summed E-state index contributed by atoms with van der Waals surface area (Å²) < 4.78 is 66.7. The van der Waals surface area contributed by atoms with Crippen LogP contribution in [0.5, 0.6) is 0 Å². The van der Waals surface area contributed by atoms with Crippen LogP contribution in [0.15, 0.2) is 30.5 Å². The molecule has 0 aliphatic carbocycles. The number of benzene rings is 1. The van der Waals surface area contributed by atoms with Crippen LogP contribution in [0, 0.1) is 0 Å². The molecule has 0 spiro atoms. The van der Waals surface area contributed by atoms with Crippen molar-refractivity contribution in [3.05, 3.63) is 36.0 Å². The summed E-state index contributed by atoms with van der Waals surface area (Å²) in [5.41, 5.74) is 4.82. The van der Waals surface area contributed by atoms with Gasteiger partial charge in [0.2, 0.25) is 0 Å². The molecule has 2 heterocycles. The number of halogens is 5. The Bertz CT molecular complexity index is 729. The molecule has 1 aliphatic rings. The van der Waals surface area contributed by atoms with E-state index in [1.54, 1.807) is 0 Å². The summed E-state index contributed by atoms with van der Waals surface area (Å²) in [4.78, 5) is 5.12. The van der Waals surface area contributed by atoms with E-state index in [0.29, 0.717) is 0 Å². The molecule has 0 radical (unpaired) electrons. The maximum atomic E-state index is 13.7. The van der Waals surface area contributed by atoms with Crippen molar-refractivity contribution in [2.45, 2.75) is 24.6 Å².